The molecule has 4 unspecified atom stereocenters. The Bertz CT molecular complexity index is 719. The molecule has 1 heteroatoms. The first-order chi connectivity index (χ1) is 10.3. The smallest absolute Gasteiger partial charge is 0.123 e. The van der Waals surface area contributed by atoms with Crippen molar-refractivity contribution in [3.05, 3.63) is 42.0 Å². The van der Waals surface area contributed by atoms with Crippen LogP contribution in [0.25, 0.3) is 10.8 Å². The average Bonchev–Trinajstić information content (AvgIpc) is 3.10. The monoisotopic (exact) mass is 278 g/mol. The minimum atomic E-state index is 0.376. The normalized spacial score (nSPS) is 36.9. The van der Waals surface area contributed by atoms with Crippen LogP contribution in [0.5, 0.6) is 5.75 Å². The molecular formula is C20H22O. The van der Waals surface area contributed by atoms with Crippen LogP contribution >= 0.6 is 0 Å². The van der Waals surface area contributed by atoms with Gasteiger partial charge in [-0.2, -0.15) is 0 Å². The van der Waals surface area contributed by atoms with Crippen LogP contribution in [0.4, 0.5) is 0 Å². The predicted molar refractivity (Wildman–Crippen MR) is 85.6 cm³/mol. The SMILES string of the molecule is CC1Oc2ccc3ccccc3c2CC12CC1CCC2C1. The largest absolute Gasteiger partial charge is 0.490 e. The summed E-state index contributed by atoms with van der Waals surface area (Å²) in [5.41, 5.74) is 1.89. The fourth-order valence-corrected chi connectivity index (χ4v) is 5.59. The zero-order chi connectivity index (χ0) is 14.0. The van der Waals surface area contributed by atoms with Crippen molar-refractivity contribution >= 4 is 10.8 Å². The summed E-state index contributed by atoms with van der Waals surface area (Å²) < 4.78 is 6.43. The van der Waals surface area contributed by atoms with E-state index in [1.807, 2.05) is 0 Å². The van der Waals surface area contributed by atoms with Gasteiger partial charge in [0, 0.05) is 11.0 Å². The highest BCUT2D eigenvalue weighted by Crippen LogP contribution is 2.61. The van der Waals surface area contributed by atoms with Gasteiger partial charge in [-0.15, -0.1) is 0 Å². The molecule has 2 aromatic carbocycles. The quantitative estimate of drug-likeness (QED) is 0.661. The van der Waals surface area contributed by atoms with Crippen molar-refractivity contribution in [3.8, 4) is 5.75 Å². The van der Waals surface area contributed by atoms with Crippen molar-refractivity contribution in [2.24, 2.45) is 17.3 Å². The minimum absolute atomic E-state index is 0.376. The molecule has 2 saturated carbocycles. The van der Waals surface area contributed by atoms with Gasteiger partial charge in [0.1, 0.15) is 11.9 Å². The molecule has 108 valence electrons. The Morgan fingerprint density at radius 1 is 1.10 bits per heavy atom. The van der Waals surface area contributed by atoms with Gasteiger partial charge in [-0.05, 0) is 61.3 Å². The summed E-state index contributed by atoms with van der Waals surface area (Å²) >= 11 is 0. The third kappa shape index (κ3) is 1.52. The first-order valence-corrected chi connectivity index (χ1v) is 8.43. The predicted octanol–water partition coefficient (Wildman–Crippen LogP) is 4.97. The van der Waals surface area contributed by atoms with Crippen LogP contribution in [-0.4, -0.2) is 6.10 Å². The second-order valence-corrected chi connectivity index (χ2v) is 7.51. The standard InChI is InChI=1S/C20H22O/c1-13-20(11-14-6-8-16(20)10-14)12-18-17-5-3-2-4-15(17)7-9-19(18)21-13/h2-5,7,9,13-14,16H,6,8,10-12H2,1H3. The van der Waals surface area contributed by atoms with Crippen molar-refractivity contribution in [3.63, 3.8) is 0 Å². The van der Waals surface area contributed by atoms with Crippen molar-refractivity contribution in [1.29, 1.82) is 0 Å². The first-order valence-electron chi connectivity index (χ1n) is 8.43. The minimum Gasteiger partial charge on any atom is -0.490 e. The zero-order valence-electron chi connectivity index (χ0n) is 12.6. The molecule has 0 radical (unpaired) electrons. The van der Waals surface area contributed by atoms with Crippen LogP contribution in [0.3, 0.4) is 0 Å². The molecule has 2 bridgehead atoms. The molecule has 4 atom stereocenters. The average molecular weight is 278 g/mol. The van der Waals surface area contributed by atoms with E-state index < -0.39 is 0 Å². The molecule has 1 nitrogen and oxygen atoms in total. The van der Waals surface area contributed by atoms with Gasteiger partial charge in [-0.1, -0.05) is 36.8 Å². The molecule has 0 N–H and O–H groups in total. The summed E-state index contributed by atoms with van der Waals surface area (Å²) in [6.45, 7) is 2.32. The van der Waals surface area contributed by atoms with E-state index in [4.69, 9.17) is 4.74 Å². The summed E-state index contributed by atoms with van der Waals surface area (Å²) in [7, 11) is 0. The molecule has 1 aliphatic heterocycles. The summed E-state index contributed by atoms with van der Waals surface area (Å²) in [6.07, 6.45) is 7.34. The van der Waals surface area contributed by atoms with Gasteiger partial charge in [0.25, 0.3) is 0 Å². The highest BCUT2D eigenvalue weighted by atomic mass is 16.5. The third-order valence-electron chi connectivity index (χ3n) is 6.64. The number of rotatable bonds is 0. The Hall–Kier alpha value is -1.50. The van der Waals surface area contributed by atoms with Crippen LogP contribution in [0.1, 0.15) is 38.2 Å². The van der Waals surface area contributed by atoms with Gasteiger partial charge in [-0.3, -0.25) is 0 Å². The Balaban J connectivity index is 1.68. The number of hydrogen-bond donors (Lipinski definition) is 0. The van der Waals surface area contributed by atoms with Gasteiger partial charge in [0.15, 0.2) is 0 Å². The second kappa shape index (κ2) is 4.03. The van der Waals surface area contributed by atoms with Gasteiger partial charge >= 0.3 is 0 Å². The summed E-state index contributed by atoms with van der Waals surface area (Å²) in [5.74, 6) is 3.00. The molecule has 2 aromatic rings. The third-order valence-corrected chi connectivity index (χ3v) is 6.64. The highest BCUT2D eigenvalue weighted by Gasteiger charge is 2.56. The fraction of sp³-hybridized carbons (Fsp3) is 0.500. The summed E-state index contributed by atoms with van der Waals surface area (Å²) in [4.78, 5) is 0. The summed E-state index contributed by atoms with van der Waals surface area (Å²) in [5, 5.41) is 2.76. The molecule has 21 heavy (non-hydrogen) atoms. The molecule has 0 saturated heterocycles. The molecule has 1 heterocycles. The fourth-order valence-electron chi connectivity index (χ4n) is 5.59. The number of hydrogen-bond acceptors (Lipinski definition) is 1. The molecule has 2 aliphatic carbocycles. The lowest BCUT2D eigenvalue weighted by Crippen LogP contribution is -2.46. The van der Waals surface area contributed by atoms with Gasteiger partial charge in [0.05, 0.1) is 0 Å². The van der Waals surface area contributed by atoms with Crippen LogP contribution < -0.4 is 4.74 Å². The van der Waals surface area contributed by atoms with Crippen molar-refractivity contribution < 1.29 is 4.74 Å². The van der Waals surface area contributed by atoms with Gasteiger partial charge in [-0.25, -0.2) is 0 Å². The maximum absolute atomic E-state index is 6.43. The zero-order valence-corrected chi connectivity index (χ0v) is 12.6. The Labute approximate surface area is 126 Å². The highest BCUT2D eigenvalue weighted by molar-refractivity contribution is 5.88. The van der Waals surface area contributed by atoms with Crippen LogP contribution in [-0.2, 0) is 6.42 Å². The van der Waals surface area contributed by atoms with E-state index in [2.05, 4.69) is 43.3 Å². The van der Waals surface area contributed by atoms with E-state index in [1.165, 1.54) is 48.4 Å². The van der Waals surface area contributed by atoms with Crippen LogP contribution in [0, 0.1) is 17.3 Å². The maximum Gasteiger partial charge on any atom is 0.123 e. The Kier molecular flexibility index (Phi) is 2.32. The number of benzene rings is 2. The number of fused-ring (bicyclic) bond motifs is 6. The van der Waals surface area contributed by atoms with E-state index in [-0.39, 0.29) is 0 Å². The van der Waals surface area contributed by atoms with E-state index >= 15 is 0 Å². The molecule has 2 fully saturated rings. The molecule has 3 aliphatic rings. The van der Waals surface area contributed by atoms with Crippen molar-refractivity contribution in [2.75, 3.05) is 0 Å². The van der Waals surface area contributed by atoms with E-state index in [1.54, 1.807) is 0 Å². The molecule has 1 spiro atoms. The van der Waals surface area contributed by atoms with Gasteiger partial charge in [0.2, 0.25) is 0 Å². The molecule has 0 aromatic heterocycles. The maximum atomic E-state index is 6.43. The lowest BCUT2D eigenvalue weighted by Gasteiger charge is -2.46. The van der Waals surface area contributed by atoms with Crippen molar-refractivity contribution in [1.82, 2.24) is 0 Å². The number of ether oxygens (including phenoxy) is 1. The van der Waals surface area contributed by atoms with E-state index in [0.29, 0.717) is 11.5 Å². The topological polar surface area (TPSA) is 9.23 Å². The lowest BCUT2D eigenvalue weighted by molar-refractivity contribution is -0.00441. The van der Waals surface area contributed by atoms with E-state index in [9.17, 15) is 0 Å². The lowest BCUT2D eigenvalue weighted by atomic mass is 9.64. The Morgan fingerprint density at radius 2 is 2.00 bits per heavy atom. The summed E-state index contributed by atoms with van der Waals surface area (Å²) in [6, 6.07) is 13.2. The molecular weight excluding hydrogens is 256 g/mol. The van der Waals surface area contributed by atoms with Crippen molar-refractivity contribution in [2.45, 2.75) is 45.1 Å². The first kappa shape index (κ1) is 12.1. The Morgan fingerprint density at radius 3 is 2.81 bits per heavy atom. The molecule has 5 rings (SSSR count). The van der Waals surface area contributed by atoms with Crippen LogP contribution in [0.15, 0.2) is 36.4 Å². The van der Waals surface area contributed by atoms with Gasteiger partial charge < -0.3 is 4.74 Å². The van der Waals surface area contributed by atoms with E-state index in [0.717, 1.165) is 17.6 Å². The molecule has 0 amide bonds. The van der Waals surface area contributed by atoms with Crippen LogP contribution in [0.2, 0.25) is 0 Å². The second-order valence-electron chi connectivity index (χ2n) is 7.51.